The summed E-state index contributed by atoms with van der Waals surface area (Å²) in [4.78, 5) is 26.1. The molecule has 6 heteroatoms. The second kappa shape index (κ2) is 6.70. The quantitative estimate of drug-likeness (QED) is 0.432. The first kappa shape index (κ1) is 15.4. The average molecular weight is 319 g/mol. The molecule has 0 fully saturated rings. The largest absolute Gasteiger partial charge is 0.334 e. The first-order valence-electron chi connectivity index (χ1n) is 7.20. The predicted octanol–water partition coefficient (Wildman–Crippen LogP) is 4.21. The summed E-state index contributed by atoms with van der Waals surface area (Å²) < 4.78 is 0. The summed E-state index contributed by atoms with van der Waals surface area (Å²) >= 11 is 0. The Morgan fingerprint density at radius 2 is 1.79 bits per heavy atom. The molecule has 3 aromatic rings. The topological polar surface area (TPSA) is 85.1 Å². The van der Waals surface area contributed by atoms with E-state index in [1.54, 1.807) is 18.2 Å². The molecule has 118 valence electrons. The van der Waals surface area contributed by atoms with Gasteiger partial charge in [0.2, 0.25) is 5.82 Å². The molecule has 0 aliphatic rings. The molecule has 0 saturated carbocycles. The molecule has 0 atom stereocenters. The van der Waals surface area contributed by atoms with Crippen molar-refractivity contribution in [1.29, 1.82) is 0 Å². The van der Waals surface area contributed by atoms with Crippen LogP contribution in [0.15, 0.2) is 66.9 Å². The van der Waals surface area contributed by atoms with Crippen molar-refractivity contribution in [2.45, 2.75) is 0 Å². The van der Waals surface area contributed by atoms with Crippen molar-refractivity contribution in [3.63, 3.8) is 0 Å². The Hall–Kier alpha value is -3.54. The highest BCUT2D eigenvalue weighted by atomic mass is 16.6. The molecule has 0 spiro atoms. The van der Waals surface area contributed by atoms with Crippen LogP contribution in [0.5, 0.6) is 0 Å². The Bertz CT molecular complexity index is 895. The molecular weight excluding hydrogens is 306 g/mol. The van der Waals surface area contributed by atoms with E-state index in [4.69, 9.17) is 0 Å². The Morgan fingerprint density at radius 1 is 1.00 bits per heavy atom. The van der Waals surface area contributed by atoms with Crippen LogP contribution >= 0.6 is 0 Å². The minimum atomic E-state index is -0.499. The van der Waals surface area contributed by atoms with Crippen LogP contribution in [0.3, 0.4) is 0 Å². The number of nitrogens with one attached hydrogen (secondary N) is 1. The van der Waals surface area contributed by atoms with Gasteiger partial charge in [0.1, 0.15) is 0 Å². The zero-order chi connectivity index (χ0) is 16.9. The Morgan fingerprint density at radius 3 is 2.50 bits per heavy atom. The second-order valence-electron chi connectivity index (χ2n) is 5.01. The summed E-state index contributed by atoms with van der Waals surface area (Å²) in [6, 6.07) is 17.4. The van der Waals surface area contributed by atoms with Crippen molar-refractivity contribution in [3.8, 4) is 11.1 Å². The fraction of sp³-hybridized carbons (Fsp3) is 0. The Balaban J connectivity index is 2.13. The minimum absolute atomic E-state index is 0.128. The van der Waals surface area contributed by atoms with Gasteiger partial charge >= 0.3 is 5.69 Å². The zero-order valence-corrected chi connectivity index (χ0v) is 12.5. The number of aromatic nitrogens is 1. The van der Waals surface area contributed by atoms with Gasteiger partial charge in [-0.15, -0.1) is 0 Å². The lowest BCUT2D eigenvalue weighted by molar-refractivity contribution is -0.384. The summed E-state index contributed by atoms with van der Waals surface area (Å²) in [6.07, 6.45) is 2.24. The van der Waals surface area contributed by atoms with Crippen molar-refractivity contribution in [2.24, 2.45) is 0 Å². The maximum Gasteiger partial charge on any atom is 0.311 e. The van der Waals surface area contributed by atoms with E-state index in [9.17, 15) is 14.9 Å². The van der Waals surface area contributed by atoms with Crippen molar-refractivity contribution in [3.05, 3.63) is 82.5 Å². The van der Waals surface area contributed by atoms with Crippen LogP contribution < -0.4 is 5.32 Å². The number of carbonyl (C=O) groups excluding carboxylic acids is 1. The number of aldehydes is 1. The molecule has 0 unspecified atom stereocenters. The summed E-state index contributed by atoms with van der Waals surface area (Å²) in [5.41, 5.74) is 2.44. The van der Waals surface area contributed by atoms with Gasteiger partial charge in [-0.25, -0.2) is 4.98 Å². The van der Waals surface area contributed by atoms with E-state index < -0.39 is 4.92 Å². The van der Waals surface area contributed by atoms with Gasteiger partial charge in [0.05, 0.1) is 4.92 Å². The summed E-state index contributed by atoms with van der Waals surface area (Å²) in [6.45, 7) is 0. The number of pyridine rings is 1. The highest BCUT2D eigenvalue weighted by molar-refractivity contribution is 5.95. The van der Waals surface area contributed by atoms with Crippen LogP contribution in [0.4, 0.5) is 17.2 Å². The molecule has 2 aromatic carbocycles. The van der Waals surface area contributed by atoms with E-state index in [1.165, 1.54) is 18.3 Å². The van der Waals surface area contributed by atoms with Gasteiger partial charge in [0.25, 0.3) is 0 Å². The molecule has 24 heavy (non-hydrogen) atoms. The summed E-state index contributed by atoms with van der Waals surface area (Å²) in [5, 5.41) is 14.1. The Kier molecular flexibility index (Phi) is 4.29. The highest BCUT2D eigenvalue weighted by Crippen LogP contribution is 2.34. The monoisotopic (exact) mass is 319 g/mol. The second-order valence-corrected chi connectivity index (χ2v) is 5.01. The van der Waals surface area contributed by atoms with Crippen LogP contribution in [0, 0.1) is 10.1 Å². The number of anilines is 2. The van der Waals surface area contributed by atoms with Gasteiger partial charge in [0.15, 0.2) is 6.29 Å². The van der Waals surface area contributed by atoms with Crippen molar-refractivity contribution < 1.29 is 9.72 Å². The SMILES string of the molecule is O=Cc1cccc(Nc2ncccc2[N+](=O)[O-])c1-c1ccccc1. The van der Waals surface area contributed by atoms with Crippen LogP contribution in [0.2, 0.25) is 0 Å². The molecule has 0 radical (unpaired) electrons. The lowest BCUT2D eigenvalue weighted by Gasteiger charge is -2.14. The van der Waals surface area contributed by atoms with Crippen molar-refractivity contribution >= 4 is 23.5 Å². The predicted molar refractivity (Wildman–Crippen MR) is 91.4 cm³/mol. The fourth-order valence-corrected chi connectivity index (χ4v) is 2.47. The molecule has 0 saturated heterocycles. The van der Waals surface area contributed by atoms with Crippen LogP contribution in [0.1, 0.15) is 10.4 Å². The first-order valence-corrected chi connectivity index (χ1v) is 7.20. The third-order valence-corrected chi connectivity index (χ3v) is 3.52. The number of nitrogens with zero attached hydrogens (tertiary/aromatic N) is 2. The van der Waals surface area contributed by atoms with Gasteiger partial charge in [-0.2, -0.15) is 0 Å². The Labute approximate surface area is 137 Å². The number of benzene rings is 2. The van der Waals surface area contributed by atoms with Crippen LogP contribution in [-0.4, -0.2) is 16.2 Å². The third-order valence-electron chi connectivity index (χ3n) is 3.52. The van der Waals surface area contributed by atoms with E-state index in [1.807, 2.05) is 30.3 Å². The minimum Gasteiger partial charge on any atom is -0.334 e. The van der Waals surface area contributed by atoms with Gasteiger partial charge in [-0.1, -0.05) is 42.5 Å². The molecule has 3 rings (SSSR count). The standard InChI is InChI=1S/C18H13N3O3/c22-12-14-8-4-9-15(17(14)13-6-2-1-3-7-13)20-18-16(21(23)24)10-5-11-19-18/h1-12H,(H,19,20). The summed E-state index contributed by atoms with van der Waals surface area (Å²) in [7, 11) is 0. The fourth-order valence-electron chi connectivity index (χ4n) is 2.47. The highest BCUT2D eigenvalue weighted by Gasteiger charge is 2.17. The molecule has 0 aliphatic heterocycles. The van der Waals surface area contributed by atoms with E-state index in [0.29, 0.717) is 16.8 Å². The molecule has 0 bridgehead atoms. The molecule has 0 aliphatic carbocycles. The normalized spacial score (nSPS) is 10.2. The number of carbonyl (C=O) groups is 1. The number of rotatable bonds is 5. The third kappa shape index (κ3) is 2.98. The summed E-state index contributed by atoms with van der Waals surface area (Å²) in [5.74, 6) is 0.128. The molecule has 0 amide bonds. The van der Waals surface area contributed by atoms with Crippen molar-refractivity contribution in [2.75, 3.05) is 5.32 Å². The maximum atomic E-state index is 11.4. The van der Waals surface area contributed by atoms with Gasteiger partial charge in [-0.05, 0) is 17.7 Å². The molecule has 1 aromatic heterocycles. The lowest BCUT2D eigenvalue weighted by atomic mass is 9.98. The number of hydrogen-bond acceptors (Lipinski definition) is 5. The average Bonchev–Trinajstić information content (AvgIpc) is 2.62. The smallest absolute Gasteiger partial charge is 0.311 e. The maximum absolute atomic E-state index is 11.4. The molecule has 1 heterocycles. The van der Waals surface area contributed by atoms with E-state index in [0.717, 1.165) is 11.8 Å². The lowest BCUT2D eigenvalue weighted by Crippen LogP contribution is -2.01. The number of nitro groups is 1. The van der Waals surface area contributed by atoms with Gasteiger partial charge in [0, 0.05) is 29.1 Å². The van der Waals surface area contributed by atoms with Crippen LogP contribution in [-0.2, 0) is 0 Å². The molecule has 6 nitrogen and oxygen atoms in total. The van der Waals surface area contributed by atoms with Gasteiger partial charge in [-0.3, -0.25) is 14.9 Å². The molecule has 1 N–H and O–H groups in total. The van der Waals surface area contributed by atoms with E-state index in [2.05, 4.69) is 10.3 Å². The molecular formula is C18H13N3O3. The van der Waals surface area contributed by atoms with Crippen molar-refractivity contribution in [1.82, 2.24) is 4.98 Å². The van der Waals surface area contributed by atoms with E-state index in [-0.39, 0.29) is 11.5 Å². The zero-order valence-electron chi connectivity index (χ0n) is 12.5. The number of hydrogen-bond donors (Lipinski definition) is 1. The van der Waals surface area contributed by atoms with E-state index >= 15 is 0 Å². The first-order chi connectivity index (χ1) is 11.7. The van der Waals surface area contributed by atoms with Crippen LogP contribution in [0.25, 0.3) is 11.1 Å². The van der Waals surface area contributed by atoms with Gasteiger partial charge < -0.3 is 5.32 Å².